The topological polar surface area (TPSA) is 29.5 Å². The molecule has 2 fully saturated rings. The molecule has 0 N–H and O–H groups in total. The van der Waals surface area contributed by atoms with E-state index in [1.807, 2.05) is 0 Å². The number of carbonyl (C=O) groups is 1. The van der Waals surface area contributed by atoms with Crippen LogP contribution in [0.2, 0.25) is 0 Å². The molecule has 1 aromatic carbocycles. The van der Waals surface area contributed by atoms with Crippen LogP contribution in [-0.2, 0) is 16.0 Å². The summed E-state index contributed by atoms with van der Waals surface area (Å²) in [6, 6.07) is 9.48. The van der Waals surface area contributed by atoms with Gasteiger partial charge >= 0.3 is 5.97 Å². The average Bonchev–Trinajstić information content (AvgIpc) is 2.69. The molecule has 0 amide bonds. The quantitative estimate of drug-likeness (QED) is 0.679. The van der Waals surface area contributed by atoms with Crippen molar-refractivity contribution in [1.29, 1.82) is 0 Å². The molecule has 3 heterocycles. The maximum Gasteiger partial charge on any atom is 0.313 e. The van der Waals surface area contributed by atoms with Gasteiger partial charge in [-0.25, -0.2) is 0 Å². The van der Waals surface area contributed by atoms with Gasteiger partial charge in [-0.2, -0.15) is 0 Å². The van der Waals surface area contributed by atoms with Gasteiger partial charge in [0.05, 0.1) is 11.5 Å². The van der Waals surface area contributed by atoms with Crippen LogP contribution in [0.15, 0.2) is 24.3 Å². The molecule has 0 aromatic heterocycles. The highest BCUT2D eigenvalue weighted by atomic mass is 16.6. The van der Waals surface area contributed by atoms with Crippen LogP contribution in [0.1, 0.15) is 43.9 Å². The predicted molar refractivity (Wildman–Crippen MR) is 76.3 cm³/mol. The van der Waals surface area contributed by atoms with Gasteiger partial charge in [0.1, 0.15) is 6.10 Å². The summed E-state index contributed by atoms with van der Waals surface area (Å²) in [5.74, 6) is 0.00677. The zero-order valence-corrected chi connectivity index (χ0v) is 12.1. The first-order chi connectivity index (χ1) is 9.61. The van der Waals surface area contributed by atoms with Crippen LogP contribution in [0.3, 0.4) is 0 Å². The summed E-state index contributed by atoms with van der Waals surface area (Å²) in [6.45, 7) is 5.19. The minimum atomic E-state index is -0.303. The number of hydrogen-bond acceptors (Lipinski definition) is 3. The summed E-state index contributed by atoms with van der Waals surface area (Å²) in [7, 11) is 0. The lowest BCUT2D eigenvalue weighted by Crippen LogP contribution is -2.56. The Kier molecular flexibility index (Phi) is 2.53. The summed E-state index contributed by atoms with van der Waals surface area (Å²) in [5, 5.41) is 0. The van der Waals surface area contributed by atoms with Crippen LogP contribution in [0.25, 0.3) is 0 Å². The molecule has 3 aliphatic heterocycles. The zero-order valence-electron chi connectivity index (χ0n) is 12.1. The number of cyclic esters (lactones) is 1. The highest BCUT2D eigenvalue weighted by molar-refractivity contribution is 5.80. The predicted octanol–water partition coefficient (Wildman–Crippen LogP) is 2.70. The molecule has 0 unspecified atom stereocenters. The van der Waals surface area contributed by atoms with Gasteiger partial charge in [-0.05, 0) is 44.2 Å². The van der Waals surface area contributed by atoms with Gasteiger partial charge in [0.2, 0.25) is 0 Å². The van der Waals surface area contributed by atoms with Crippen molar-refractivity contribution in [2.45, 2.75) is 51.3 Å². The van der Waals surface area contributed by atoms with Crippen molar-refractivity contribution < 1.29 is 9.53 Å². The number of ether oxygens (including phenoxy) is 1. The molecule has 106 valence electrons. The molecule has 3 aliphatic rings. The van der Waals surface area contributed by atoms with Crippen molar-refractivity contribution >= 4 is 5.97 Å². The van der Waals surface area contributed by atoms with Gasteiger partial charge in [-0.1, -0.05) is 24.3 Å². The fourth-order valence-corrected chi connectivity index (χ4v) is 4.65. The number of benzene rings is 1. The van der Waals surface area contributed by atoms with E-state index in [0.717, 1.165) is 25.8 Å². The first-order valence-electron chi connectivity index (χ1n) is 7.66. The lowest BCUT2D eigenvalue weighted by Gasteiger charge is -2.50. The summed E-state index contributed by atoms with van der Waals surface area (Å²) < 4.78 is 5.57. The van der Waals surface area contributed by atoms with E-state index in [0.29, 0.717) is 6.04 Å². The van der Waals surface area contributed by atoms with Gasteiger partial charge in [0.15, 0.2) is 0 Å². The molecule has 4 rings (SSSR count). The molecule has 0 aliphatic carbocycles. The lowest BCUT2D eigenvalue weighted by atomic mass is 9.70. The smallest absolute Gasteiger partial charge is 0.313 e. The number of rotatable bonds is 0. The SMILES string of the molecule is C[C@@H]1OC(=O)[C@]2(C)CC[C@@H]3c4ccccc4CCN3[C@H]12. The molecule has 0 radical (unpaired) electrons. The lowest BCUT2D eigenvalue weighted by molar-refractivity contribution is -0.149. The third kappa shape index (κ3) is 1.47. The second-order valence-corrected chi connectivity index (χ2v) is 6.71. The molecule has 20 heavy (non-hydrogen) atoms. The van der Waals surface area contributed by atoms with Crippen LogP contribution in [0.4, 0.5) is 0 Å². The van der Waals surface area contributed by atoms with E-state index in [4.69, 9.17) is 4.74 Å². The van der Waals surface area contributed by atoms with E-state index >= 15 is 0 Å². The van der Waals surface area contributed by atoms with E-state index in [2.05, 4.69) is 43.0 Å². The summed E-state index contributed by atoms with van der Waals surface area (Å²) >= 11 is 0. The van der Waals surface area contributed by atoms with Gasteiger partial charge in [-0.15, -0.1) is 0 Å². The van der Waals surface area contributed by atoms with Crippen LogP contribution in [0, 0.1) is 5.41 Å². The Hall–Kier alpha value is -1.35. The third-order valence-corrected chi connectivity index (χ3v) is 5.60. The third-order valence-electron chi connectivity index (χ3n) is 5.60. The van der Waals surface area contributed by atoms with E-state index in [-0.39, 0.29) is 23.5 Å². The largest absolute Gasteiger partial charge is 0.461 e. The van der Waals surface area contributed by atoms with Crippen molar-refractivity contribution in [3.63, 3.8) is 0 Å². The van der Waals surface area contributed by atoms with E-state index in [9.17, 15) is 4.79 Å². The molecule has 2 saturated heterocycles. The van der Waals surface area contributed by atoms with Gasteiger partial charge in [0.25, 0.3) is 0 Å². The highest BCUT2D eigenvalue weighted by Crippen LogP contribution is 2.51. The standard InChI is InChI=1S/C17H21NO2/c1-11-15-17(2,16(19)20-11)9-7-14-13-6-4-3-5-12(13)8-10-18(14)15/h3-6,11,14-15H,7-10H2,1-2H3/t11-,14+,15+,17+/m0/s1. The number of piperidine rings is 1. The van der Waals surface area contributed by atoms with Crippen molar-refractivity contribution in [3.8, 4) is 0 Å². The molecule has 4 atom stereocenters. The Morgan fingerprint density at radius 1 is 1.35 bits per heavy atom. The van der Waals surface area contributed by atoms with Crippen LogP contribution in [-0.4, -0.2) is 29.6 Å². The Morgan fingerprint density at radius 2 is 2.15 bits per heavy atom. The summed E-state index contributed by atoms with van der Waals surface area (Å²) in [5.41, 5.74) is 2.64. The molecule has 3 nitrogen and oxygen atoms in total. The number of hydrogen-bond donors (Lipinski definition) is 0. The fourth-order valence-electron chi connectivity index (χ4n) is 4.65. The Labute approximate surface area is 119 Å². The number of carbonyl (C=O) groups excluding carboxylic acids is 1. The van der Waals surface area contributed by atoms with Crippen molar-refractivity contribution in [2.75, 3.05) is 6.54 Å². The highest BCUT2D eigenvalue weighted by Gasteiger charge is 2.59. The van der Waals surface area contributed by atoms with Crippen LogP contribution in [0.5, 0.6) is 0 Å². The van der Waals surface area contributed by atoms with Crippen molar-refractivity contribution in [1.82, 2.24) is 4.90 Å². The molecular formula is C17H21NO2. The Morgan fingerprint density at radius 3 is 3.00 bits per heavy atom. The first-order valence-corrected chi connectivity index (χ1v) is 7.66. The molecule has 1 aromatic rings. The van der Waals surface area contributed by atoms with Crippen molar-refractivity contribution in [3.05, 3.63) is 35.4 Å². The Bertz CT molecular complexity index is 570. The van der Waals surface area contributed by atoms with E-state index < -0.39 is 0 Å². The number of fused-ring (bicyclic) bond motifs is 5. The fraction of sp³-hybridized carbons (Fsp3) is 0.588. The monoisotopic (exact) mass is 271 g/mol. The Balaban J connectivity index is 1.76. The van der Waals surface area contributed by atoms with Gasteiger partial charge in [-0.3, -0.25) is 9.69 Å². The first kappa shape index (κ1) is 12.4. The minimum Gasteiger partial charge on any atom is -0.461 e. The van der Waals surface area contributed by atoms with Crippen LogP contribution < -0.4 is 0 Å². The van der Waals surface area contributed by atoms with Crippen molar-refractivity contribution in [2.24, 2.45) is 5.41 Å². The second kappa shape index (κ2) is 4.08. The molecule has 3 heteroatoms. The summed E-state index contributed by atoms with van der Waals surface area (Å²) in [6.07, 6.45) is 3.10. The molecule has 0 saturated carbocycles. The molecule has 0 bridgehead atoms. The number of esters is 1. The summed E-state index contributed by atoms with van der Waals surface area (Å²) in [4.78, 5) is 14.8. The second-order valence-electron chi connectivity index (χ2n) is 6.71. The average molecular weight is 271 g/mol. The molecular weight excluding hydrogens is 250 g/mol. The normalized spacial score (nSPS) is 39.7. The van der Waals surface area contributed by atoms with Gasteiger partial charge < -0.3 is 4.74 Å². The minimum absolute atomic E-state index is 0.00677. The maximum absolute atomic E-state index is 12.2. The maximum atomic E-state index is 12.2. The number of nitrogens with zero attached hydrogens (tertiary/aromatic N) is 1. The van der Waals surface area contributed by atoms with Crippen LogP contribution >= 0.6 is 0 Å². The zero-order chi connectivity index (χ0) is 13.9. The molecule has 0 spiro atoms. The van der Waals surface area contributed by atoms with E-state index in [1.54, 1.807) is 0 Å². The van der Waals surface area contributed by atoms with E-state index in [1.165, 1.54) is 11.1 Å². The van der Waals surface area contributed by atoms with Gasteiger partial charge in [0, 0.05) is 12.6 Å².